The number of nitriles is 3. The van der Waals surface area contributed by atoms with Crippen LogP contribution in [0.3, 0.4) is 0 Å². The summed E-state index contributed by atoms with van der Waals surface area (Å²) in [6.07, 6.45) is 0. The average molecular weight is 311 g/mol. The molecule has 9 nitrogen and oxygen atoms in total. The molecule has 0 aliphatic carbocycles. The molecule has 0 amide bonds. The van der Waals surface area contributed by atoms with E-state index in [1.165, 1.54) is 7.11 Å². The summed E-state index contributed by atoms with van der Waals surface area (Å²) in [4.78, 5) is 10.4. The van der Waals surface area contributed by atoms with Gasteiger partial charge in [-0.2, -0.15) is 15.8 Å². The average Bonchev–Trinajstić information content (AvgIpc) is 2.54. The standard InChI is InChI=1S/C14H9N5O4/c1-22-11-3-8(19(20)21)2-9-12(7(4-15)5-16)10(6-17)14(18)23-13(9)11/h2-3,7,12H,18H2,1H3. The number of methoxy groups -OCH3 is 1. The van der Waals surface area contributed by atoms with Crippen LogP contribution in [-0.4, -0.2) is 12.0 Å². The van der Waals surface area contributed by atoms with Crippen LogP contribution in [0.15, 0.2) is 23.6 Å². The molecular weight excluding hydrogens is 302 g/mol. The van der Waals surface area contributed by atoms with Crippen molar-refractivity contribution in [2.75, 3.05) is 7.11 Å². The smallest absolute Gasteiger partial charge is 0.273 e. The first-order valence-corrected chi connectivity index (χ1v) is 6.21. The third kappa shape index (κ3) is 2.45. The molecule has 1 unspecified atom stereocenters. The number of benzene rings is 1. The number of nitrogens with two attached hydrogens (primary N) is 1. The van der Waals surface area contributed by atoms with Gasteiger partial charge in [0, 0.05) is 11.6 Å². The van der Waals surface area contributed by atoms with Crippen LogP contribution in [0.1, 0.15) is 11.5 Å². The van der Waals surface area contributed by atoms with Crippen molar-refractivity contribution in [2.24, 2.45) is 11.7 Å². The van der Waals surface area contributed by atoms with Crippen LogP contribution in [-0.2, 0) is 0 Å². The lowest BCUT2D eigenvalue weighted by Crippen LogP contribution is -2.24. The Balaban J connectivity index is 2.81. The van der Waals surface area contributed by atoms with Gasteiger partial charge in [0.05, 0.1) is 41.7 Å². The maximum Gasteiger partial charge on any atom is 0.273 e. The molecule has 0 radical (unpaired) electrons. The highest BCUT2D eigenvalue weighted by Gasteiger charge is 2.38. The summed E-state index contributed by atoms with van der Waals surface area (Å²) in [5.41, 5.74) is 5.37. The van der Waals surface area contributed by atoms with Gasteiger partial charge in [-0.3, -0.25) is 10.1 Å². The predicted molar refractivity (Wildman–Crippen MR) is 74.6 cm³/mol. The van der Waals surface area contributed by atoms with Crippen LogP contribution in [0.4, 0.5) is 5.69 Å². The molecule has 2 rings (SSSR count). The molecule has 0 saturated heterocycles. The van der Waals surface area contributed by atoms with Gasteiger partial charge in [-0.15, -0.1) is 0 Å². The summed E-state index contributed by atoms with van der Waals surface area (Å²) < 4.78 is 10.4. The van der Waals surface area contributed by atoms with E-state index >= 15 is 0 Å². The van der Waals surface area contributed by atoms with Gasteiger partial charge in [-0.1, -0.05) is 0 Å². The van der Waals surface area contributed by atoms with Gasteiger partial charge in [0.15, 0.2) is 11.5 Å². The molecule has 23 heavy (non-hydrogen) atoms. The maximum atomic E-state index is 11.1. The van der Waals surface area contributed by atoms with E-state index in [2.05, 4.69) is 0 Å². The van der Waals surface area contributed by atoms with Crippen molar-refractivity contribution in [1.29, 1.82) is 15.8 Å². The molecule has 0 aromatic heterocycles. The van der Waals surface area contributed by atoms with Crippen LogP contribution in [0.25, 0.3) is 0 Å². The normalized spacial score (nSPS) is 15.7. The van der Waals surface area contributed by atoms with Crippen LogP contribution >= 0.6 is 0 Å². The van der Waals surface area contributed by atoms with Gasteiger partial charge in [-0.25, -0.2) is 0 Å². The number of allylic oxidation sites excluding steroid dienone is 1. The lowest BCUT2D eigenvalue weighted by atomic mass is 9.80. The summed E-state index contributed by atoms with van der Waals surface area (Å²) in [5.74, 6) is -2.53. The highest BCUT2D eigenvalue weighted by Crippen LogP contribution is 2.48. The first kappa shape index (κ1) is 15.6. The molecule has 2 N–H and O–H groups in total. The highest BCUT2D eigenvalue weighted by atomic mass is 16.6. The van der Waals surface area contributed by atoms with E-state index in [0.717, 1.165) is 12.1 Å². The van der Waals surface area contributed by atoms with Crippen LogP contribution in [0.5, 0.6) is 11.5 Å². The molecule has 114 valence electrons. The van der Waals surface area contributed by atoms with Crippen LogP contribution in [0, 0.1) is 50.0 Å². The second kappa shape index (κ2) is 5.92. The van der Waals surface area contributed by atoms with Crippen molar-refractivity contribution in [3.8, 4) is 29.7 Å². The Hall–Kier alpha value is -3.77. The fourth-order valence-corrected chi connectivity index (χ4v) is 2.33. The van der Waals surface area contributed by atoms with Gasteiger partial charge in [-0.05, 0) is 0 Å². The van der Waals surface area contributed by atoms with E-state index < -0.39 is 16.8 Å². The van der Waals surface area contributed by atoms with E-state index in [1.807, 2.05) is 0 Å². The van der Waals surface area contributed by atoms with Crippen molar-refractivity contribution in [3.63, 3.8) is 0 Å². The zero-order chi connectivity index (χ0) is 17.1. The molecule has 0 spiro atoms. The minimum atomic E-state index is -1.27. The third-order valence-electron chi connectivity index (χ3n) is 3.35. The fourth-order valence-electron chi connectivity index (χ4n) is 2.33. The number of nitro benzene ring substituents is 1. The Bertz CT molecular complexity index is 826. The van der Waals surface area contributed by atoms with Crippen molar-refractivity contribution in [3.05, 3.63) is 39.3 Å². The SMILES string of the molecule is COc1cc([N+](=O)[O-])cc2c1OC(N)=C(C#N)C2C(C#N)C#N. The molecule has 1 aliphatic rings. The predicted octanol–water partition coefficient (Wildman–Crippen LogP) is 1.44. The summed E-state index contributed by atoms with van der Waals surface area (Å²) in [6, 6.07) is 7.61. The zero-order valence-corrected chi connectivity index (χ0v) is 11.8. The Labute approximate surface area is 130 Å². The van der Waals surface area contributed by atoms with E-state index in [1.54, 1.807) is 18.2 Å². The number of rotatable bonds is 3. The minimum absolute atomic E-state index is 0.0220. The number of ether oxygens (including phenoxy) is 2. The second-order valence-corrected chi connectivity index (χ2v) is 4.53. The Kier molecular flexibility index (Phi) is 4.02. The molecule has 1 aromatic rings. The third-order valence-corrected chi connectivity index (χ3v) is 3.35. The quantitative estimate of drug-likeness (QED) is 0.648. The summed E-state index contributed by atoms with van der Waals surface area (Å²) in [7, 11) is 1.28. The van der Waals surface area contributed by atoms with E-state index in [0.29, 0.717) is 0 Å². The van der Waals surface area contributed by atoms with E-state index in [-0.39, 0.29) is 34.2 Å². The second-order valence-electron chi connectivity index (χ2n) is 4.53. The number of nitro groups is 1. The summed E-state index contributed by atoms with van der Waals surface area (Å²) >= 11 is 0. The molecule has 1 aliphatic heterocycles. The molecule has 0 saturated carbocycles. The highest BCUT2D eigenvalue weighted by molar-refractivity contribution is 5.62. The Morgan fingerprint density at radius 3 is 2.52 bits per heavy atom. The first-order chi connectivity index (χ1) is 11.0. The Morgan fingerprint density at radius 2 is 2.04 bits per heavy atom. The van der Waals surface area contributed by atoms with Crippen LogP contribution < -0.4 is 15.2 Å². The Morgan fingerprint density at radius 1 is 1.39 bits per heavy atom. The van der Waals surface area contributed by atoms with Gasteiger partial charge in [0.1, 0.15) is 12.0 Å². The number of nitrogens with zero attached hydrogens (tertiary/aromatic N) is 4. The largest absolute Gasteiger partial charge is 0.493 e. The first-order valence-electron chi connectivity index (χ1n) is 6.21. The van der Waals surface area contributed by atoms with Crippen molar-refractivity contribution < 1.29 is 14.4 Å². The van der Waals surface area contributed by atoms with E-state index in [4.69, 9.17) is 25.7 Å². The molecular formula is C14H9N5O4. The zero-order valence-electron chi connectivity index (χ0n) is 11.8. The molecule has 9 heteroatoms. The van der Waals surface area contributed by atoms with Gasteiger partial charge < -0.3 is 15.2 Å². The van der Waals surface area contributed by atoms with Gasteiger partial charge in [0.25, 0.3) is 5.69 Å². The fraction of sp³-hybridized carbons (Fsp3) is 0.214. The lowest BCUT2D eigenvalue weighted by molar-refractivity contribution is -0.385. The maximum absolute atomic E-state index is 11.1. The molecule has 1 atom stereocenters. The summed E-state index contributed by atoms with van der Waals surface area (Å²) in [6.45, 7) is 0. The molecule has 1 heterocycles. The lowest BCUT2D eigenvalue weighted by Gasteiger charge is -2.27. The number of hydrogen-bond acceptors (Lipinski definition) is 8. The van der Waals surface area contributed by atoms with E-state index in [9.17, 15) is 15.4 Å². The molecule has 0 bridgehead atoms. The van der Waals surface area contributed by atoms with Crippen molar-refractivity contribution in [2.45, 2.75) is 5.92 Å². The summed E-state index contributed by atoms with van der Waals surface area (Å²) in [5, 5.41) is 38.6. The molecule has 0 fully saturated rings. The topological polar surface area (TPSA) is 159 Å². The minimum Gasteiger partial charge on any atom is -0.493 e. The monoisotopic (exact) mass is 311 g/mol. The number of fused-ring (bicyclic) bond motifs is 1. The molecule has 1 aromatic carbocycles. The van der Waals surface area contributed by atoms with Crippen LogP contribution in [0.2, 0.25) is 0 Å². The van der Waals surface area contributed by atoms with Gasteiger partial charge >= 0.3 is 0 Å². The van der Waals surface area contributed by atoms with Crippen molar-refractivity contribution >= 4 is 5.69 Å². The number of hydrogen-bond donors (Lipinski definition) is 1. The van der Waals surface area contributed by atoms with Gasteiger partial charge in [0.2, 0.25) is 5.88 Å². The van der Waals surface area contributed by atoms with Crippen molar-refractivity contribution in [1.82, 2.24) is 0 Å². The number of non-ortho nitro benzene ring substituents is 1.